The van der Waals surface area contributed by atoms with Gasteiger partial charge in [0.1, 0.15) is 0 Å². The van der Waals surface area contributed by atoms with Crippen LogP contribution >= 0.6 is 0 Å². The highest BCUT2D eigenvalue weighted by Gasteiger charge is 2.38. The van der Waals surface area contributed by atoms with Crippen molar-refractivity contribution in [2.24, 2.45) is 0 Å². The van der Waals surface area contributed by atoms with Gasteiger partial charge in [-0.3, -0.25) is 4.79 Å². The maximum atomic E-state index is 12.6. The highest BCUT2D eigenvalue weighted by molar-refractivity contribution is 6.39. The first-order valence-corrected chi connectivity index (χ1v) is 6.98. The van der Waals surface area contributed by atoms with Crippen molar-refractivity contribution in [2.75, 3.05) is 12.0 Å². The Hall–Kier alpha value is -2.10. The van der Waals surface area contributed by atoms with Gasteiger partial charge >= 0.3 is 6.09 Å². The zero-order valence-electron chi connectivity index (χ0n) is 11.5. The number of ether oxygens (including phenoxy) is 1. The second kappa shape index (κ2) is 5.12. The van der Waals surface area contributed by atoms with E-state index in [1.165, 1.54) is 19.1 Å². The second-order valence-electron chi connectivity index (χ2n) is 5.17. The molecule has 3 rings (SSSR count). The first-order valence-electron chi connectivity index (χ1n) is 6.98. The van der Waals surface area contributed by atoms with Gasteiger partial charge in [-0.2, -0.15) is 0 Å². The molecule has 4 nitrogen and oxygen atoms in total. The maximum absolute atomic E-state index is 12.6. The van der Waals surface area contributed by atoms with Gasteiger partial charge in [-0.1, -0.05) is 30.2 Å². The number of hydrogen-bond donors (Lipinski definition) is 0. The SMILES string of the molecule is COC(=O)N1C(=O)C(=C2CCCCC2)c2ccccc21. The topological polar surface area (TPSA) is 46.6 Å². The lowest BCUT2D eigenvalue weighted by molar-refractivity contribution is -0.112. The number of carbonyl (C=O) groups excluding carboxylic acids is 2. The van der Waals surface area contributed by atoms with Gasteiger partial charge in [0.25, 0.3) is 5.91 Å². The Labute approximate surface area is 118 Å². The summed E-state index contributed by atoms with van der Waals surface area (Å²) in [6, 6.07) is 7.43. The number of fused-ring (bicyclic) bond motifs is 1. The molecule has 1 heterocycles. The largest absolute Gasteiger partial charge is 0.452 e. The lowest BCUT2D eigenvalue weighted by atomic mass is 9.89. The molecule has 1 aliphatic carbocycles. The summed E-state index contributed by atoms with van der Waals surface area (Å²) in [7, 11) is 1.30. The van der Waals surface area contributed by atoms with Crippen molar-refractivity contribution < 1.29 is 14.3 Å². The molecule has 0 aromatic heterocycles. The molecule has 0 saturated heterocycles. The summed E-state index contributed by atoms with van der Waals surface area (Å²) in [6.45, 7) is 0. The van der Waals surface area contributed by atoms with Gasteiger partial charge < -0.3 is 4.74 Å². The molecule has 2 amide bonds. The molecule has 1 saturated carbocycles. The smallest absolute Gasteiger partial charge is 0.421 e. The molecule has 104 valence electrons. The van der Waals surface area contributed by atoms with Crippen LogP contribution in [-0.2, 0) is 9.53 Å². The Bertz CT molecular complexity index is 595. The van der Waals surface area contributed by atoms with E-state index in [9.17, 15) is 9.59 Å². The standard InChI is InChI=1S/C16H17NO3/c1-20-16(19)17-13-10-6-5-9-12(13)14(15(17)18)11-7-3-2-4-8-11/h5-6,9-10H,2-4,7-8H2,1H3. The molecule has 1 aliphatic heterocycles. The lowest BCUT2D eigenvalue weighted by Gasteiger charge is -2.16. The quantitative estimate of drug-likeness (QED) is 0.678. The van der Waals surface area contributed by atoms with Crippen molar-refractivity contribution in [1.82, 2.24) is 0 Å². The number of methoxy groups -OCH3 is 1. The van der Waals surface area contributed by atoms with E-state index in [2.05, 4.69) is 0 Å². The molecule has 1 aromatic carbocycles. The average molecular weight is 271 g/mol. The Morgan fingerprint density at radius 3 is 2.55 bits per heavy atom. The summed E-state index contributed by atoms with van der Waals surface area (Å²) >= 11 is 0. The summed E-state index contributed by atoms with van der Waals surface area (Å²) in [5, 5.41) is 0. The Morgan fingerprint density at radius 1 is 1.15 bits per heavy atom. The minimum absolute atomic E-state index is 0.241. The molecule has 0 atom stereocenters. The zero-order valence-corrected chi connectivity index (χ0v) is 11.5. The Morgan fingerprint density at radius 2 is 1.85 bits per heavy atom. The maximum Gasteiger partial charge on any atom is 0.421 e. The second-order valence-corrected chi connectivity index (χ2v) is 5.17. The number of benzene rings is 1. The third-order valence-electron chi connectivity index (χ3n) is 4.00. The fraction of sp³-hybridized carbons (Fsp3) is 0.375. The van der Waals surface area contributed by atoms with Crippen LogP contribution in [0.25, 0.3) is 5.57 Å². The molecule has 4 heteroatoms. The van der Waals surface area contributed by atoms with Crippen molar-refractivity contribution in [2.45, 2.75) is 32.1 Å². The molecule has 0 N–H and O–H groups in total. The number of amides is 2. The molecule has 0 bridgehead atoms. The Kier molecular flexibility index (Phi) is 3.30. The number of hydrogen-bond acceptors (Lipinski definition) is 3. The van der Waals surface area contributed by atoms with Crippen LogP contribution in [0.3, 0.4) is 0 Å². The number of para-hydroxylation sites is 1. The number of anilines is 1. The van der Waals surface area contributed by atoms with Crippen LogP contribution in [0.5, 0.6) is 0 Å². The molecule has 0 spiro atoms. The molecule has 2 aliphatic rings. The van der Waals surface area contributed by atoms with Crippen LogP contribution in [0.2, 0.25) is 0 Å². The molecule has 1 fully saturated rings. The highest BCUT2D eigenvalue weighted by Crippen LogP contribution is 2.41. The van der Waals surface area contributed by atoms with Crippen LogP contribution in [0.15, 0.2) is 29.8 Å². The van der Waals surface area contributed by atoms with Crippen LogP contribution in [0.1, 0.15) is 37.7 Å². The number of nitrogens with zero attached hydrogens (tertiary/aromatic N) is 1. The summed E-state index contributed by atoms with van der Waals surface area (Å²) < 4.78 is 4.74. The van der Waals surface area contributed by atoms with Crippen molar-refractivity contribution in [3.8, 4) is 0 Å². The molecular formula is C16H17NO3. The number of imide groups is 1. The minimum atomic E-state index is -0.617. The molecule has 0 radical (unpaired) electrons. The number of carbonyl (C=O) groups is 2. The monoisotopic (exact) mass is 271 g/mol. The highest BCUT2D eigenvalue weighted by atomic mass is 16.5. The van der Waals surface area contributed by atoms with E-state index in [4.69, 9.17) is 4.74 Å². The fourth-order valence-corrected chi connectivity index (χ4v) is 3.06. The predicted octanol–water partition coefficient (Wildman–Crippen LogP) is 3.52. The molecule has 1 aromatic rings. The van der Waals surface area contributed by atoms with E-state index in [1.807, 2.05) is 18.2 Å². The first kappa shape index (κ1) is 12.9. The van der Waals surface area contributed by atoms with Crippen LogP contribution < -0.4 is 4.90 Å². The summed E-state index contributed by atoms with van der Waals surface area (Å²) in [6.07, 6.45) is 4.73. The minimum Gasteiger partial charge on any atom is -0.452 e. The first-order chi connectivity index (χ1) is 9.74. The third-order valence-corrected chi connectivity index (χ3v) is 4.00. The fourth-order valence-electron chi connectivity index (χ4n) is 3.06. The van der Waals surface area contributed by atoms with Crippen molar-refractivity contribution in [1.29, 1.82) is 0 Å². The van der Waals surface area contributed by atoms with Crippen LogP contribution in [-0.4, -0.2) is 19.1 Å². The van der Waals surface area contributed by atoms with Gasteiger partial charge in [0, 0.05) is 11.1 Å². The van der Waals surface area contributed by atoms with Gasteiger partial charge in [-0.15, -0.1) is 0 Å². The van der Waals surface area contributed by atoms with Gasteiger partial charge in [0.05, 0.1) is 12.8 Å². The van der Waals surface area contributed by atoms with Gasteiger partial charge in [0.2, 0.25) is 0 Å². The number of rotatable bonds is 0. The van der Waals surface area contributed by atoms with Crippen molar-refractivity contribution in [3.05, 3.63) is 35.4 Å². The number of allylic oxidation sites excluding steroid dienone is 1. The lowest BCUT2D eigenvalue weighted by Crippen LogP contribution is -2.33. The predicted molar refractivity (Wildman–Crippen MR) is 76.3 cm³/mol. The third kappa shape index (κ3) is 1.92. The Balaban J connectivity index is 2.13. The van der Waals surface area contributed by atoms with Gasteiger partial charge in [-0.05, 0) is 31.7 Å². The van der Waals surface area contributed by atoms with Crippen molar-refractivity contribution in [3.63, 3.8) is 0 Å². The summed E-state index contributed by atoms with van der Waals surface area (Å²) in [4.78, 5) is 25.7. The van der Waals surface area contributed by atoms with E-state index in [1.54, 1.807) is 6.07 Å². The van der Waals surface area contributed by atoms with Crippen molar-refractivity contribution >= 4 is 23.3 Å². The molecular weight excluding hydrogens is 254 g/mol. The van der Waals surface area contributed by atoms with E-state index >= 15 is 0 Å². The van der Waals surface area contributed by atoms with Gasteiger partial charge in [-0.25, -0.2) is 9.69 Å². The van der Waals surface area contributed by atoms with E-state index in [-0.39, 0.29) is 5.91 Å². The van der Waals surface area contributed by atoms with E-state index < -0.39 is 6.09 Å². The zero-order chi connectivity index (χ0) is 14.1. The van der Waals surface area contributed by atoms with Crippen LogP contribution in [0.4, 0.5) is 10.5 Å². The molecule has 0 unspecified atom stereocenters. The molecule has 20 heavy (non-hydrogen) atoms. The summed E-state index contributed by atoms with van der Waals surface area (Å²) in [5.41, 5.74) is 3.39. The summed E-state index contributed by atoms with van der Waals surface area (Å²) in [5.74, 6) is -0.241. The van der Waals surface area contributed by atoms with Crippen LogP contribution in [0, 0.1) is 0 Å². The van der Waals surface area contributed by atoms with Gasteiger partial charge in [0.15, 0.2) is 0 Å². The van der Waals surface area contributed by atoms with E-state index in [0.717, 1.165) is 36.1 Å². The normalized spacial score (nSPS) is 18.2. The average Bonchev–Trinajstić information content (AvgIpc) is 2.79. The van der Waals surface area contributed by atoms with E-state index in [0.29, 0.717) is 11.3 Å².